The molecule has 15 heteroatoms. The number of carbonyl (C=O) groups excluding carboxylic acids is 1. The van der Waals surface area contributed by atoms with E-state index in [1.54, 1.807) is 37.3 Å². The number of esters is 1. The number of nitrogens with one attached hydrogen (secondary N) is 1. The van der Waals surface area contributed by atoms with Crippen molar-refractivity contribution >= 4 is 30.7 Å². The van der Waals surface area contributed by atoms with Crippen molar-refractivity contribution in [1.82, 2.24) is 24.6 Å². The molecule has 0 amide bonds. The second-order valence-electron chi connectivity index (χ2n) is 11.5. The van der Waals surface area contributed by atoms with Crippen molar-refractivity contribution in [1.29, 1.82) is 0 Å². The first kappa shape index (κ1) is 34.7. The summed E-state index contributed by atoms with van der Waals surface area (Å²) in [6.45, 7) is 5.15. The number of para-hydroxylation sites is 1. The molecule has 3 heterocycles. The van der Waals surface area contributed by atoms with Crippen molar-refractivity contribution in [2.75, 3.05) is 18.9 Å². The number of hydrogen-bond donors (Lipinski definition) is 3. The number of nitrogens with zero attached hydrogens (tertiary/aromatic N) is 4. The Labute approximate surface area is 262 Å². The number of ether oxygens (including phenoxy) is 2. The minimum absolute atomic E-state index is 0.0651. The van der Waals surface area contributed by atoms with Crippen LogP contribution in [0.2, 0.25) is 0 Å². The third kappa shape index (κ3) is 9.43. The van der Waals surface area contributed by atoms with Gasteiger partial charge in [0.05, 0.1) is 25.6 Å². The highest BCUT2D eigenvalue weighted by Gasteiger charge is 2.48. The number of anilines is 1. The molecule has 0 aliphatic carbocycles. The third-order valence-electron chi connectivity index (χ3n) is 7.70. The molecule has 0 bridgehead atoms. The van der Waals surface area contributed by atoms with Gasteiger partial charge in [0.1, 0.15) is 23.6 Å². The van der Waals surface area contributed by atoms with E-state index in [0.29, 0.717) is 0 Å². The van der Waals surface area contributed by atoms with E-state index in [1.807, 2.05) is 0 Å². The number of halogens is 1. The Balaban J connectivity index is 1.36. The minimum Gasteiger partial charge on any atom is -0.465 e. The normalized spacial score (nSPS) is 21.9. The van der Waals surface area contributed by atoms with Crippen LogP contribution in [0.4, 0.5) is 10.2 Å². The van der Waals surface area contributed by atoms with Gasteiger partial charge in [-0.05, 0) is 32.4 Å². The summed E-state index contributed by atoms with van der Waals surface area (Å²) in [5, 5.41) is 13.6. The highest BCUT2D eigenvalue weighted by atomic mass is 31.2. The van der Waals surface area contributed by atoms with Crippen LogP contribution in [0.3, 0.4) is 0 Å². The van der Waals surface area contributed by atoms with Crippen LogP contribution in [-0.4, -0.2) is 61.6 Å². The Morgan fingerprint density at radius 2 is 1.89 bits per heavy atom. The Hall–Kier alpha value is -3.16. The molecule has 1 saturated heterocycles. The van der Waals surface area contributed by atoms with Crippen molar-refractivity contribution in [3.05, 3.63) is 42.7 Å². The van der Waals surface area contributed by atoms with E-state index in [9.17, 15) is 18.9 Å². The van der Waals surface area contributed by atoms with Gasteiger partial charge < -0.3 is 24.8 Å². The molecule has 0 radical (unpaired) electrons. The van der Waals surface area contributed by atoms with Crippen LogP contribution in [0.15, 0.2) is 36.7 Å². The molecule has 0 unspecified atom stereocenters. The van der Waals surface area contributed by atoms with E-state index in [-0.39, 0.29) is 42.4 Å². The van der Waals surface area contributed by atoms with Crippen LogP contribution in [0.5, 0.6) is 5.75 Å². The molecule has 4 N–H and O–H groups in total. The molecule has 13 nitrogen and oxygen atoms in total. The molecule has 248 valence electrons. The molecule has 45 heavy (non-hydrogen) atoms. The van der Waals surface area contributed by atoms with Crippen LogP contribution < -0.4 is 15.3 Å². The zero-order chi connectivity index (χ0) is 32.5. The fraction of sp³-hybridized carbons (Fsp3) is 0.600. The van der Waals surface area contributed by atoms with Gasteiger partial charge in [-0.25, -0.2) is 9.55 Å². The van der Waals surface area contributed by atoms with Gasteiger partial charge in [0.15, 0.2) is 17.0 Å². The summed E-state index contributed by atoms with van der Waals surface area (Å²) in [5.41, 5.74) is 4.68. The Morgan fingerprint density at radius 3 is 2.60 bits per heavy atom. The number of rotatable bonds is 18. The number of unbranched alkanes of at least 4 members (excludes halogenated alkanes) is 7. The van der Waals surface area contributed by atoms with Gasteiger partial charge in [0.25, 0.3) is 0 Å². The van der Waals surface area contributed by atoms with Crippen LogP contribution in [-0.2, 0) is 23.4 Å². The lowest BCUT2D eigenvalue weighted by atomic mass is 10.0. The summed E-state index contributed by atoms with van der Waals surface area (Å²) in [6.07, 6.45) is 7.40. The lowest BCUT2D eigenvalue weighted by Gasteiger charge is -2.30. The van der Waals surface area contributed by atoms with Crippen molar-refractivity contribution in [3.63, 3.8) is 0 Å². The summed E-state index contributed by atoms with van der Waals surface area (Å²) < 4.78 is 52.4. The van der Waals surface area contributed by atoms with Crippen molar-refractivity contribution < 1.29 is 37.4 Å². The van der Waals surface area contributed by atoms with Crippen LogP contribution in [0.1, 0.15) is 84.8 Å². The first-order valence-electron chi connectivity index (χ1n) is 15.5. The van der Waals surface area contributed by atoms with Crippen LogP contribution in [0.25, 0.3) is 11.2 Å². The molecule has 1 aliphatic rings. The summed E-state index contributed by atoms with van der Waals surface area (Å²) in [7, 11) is -4.22. The predicted molar refractivity (Wildman–Crippen MR) is 166 cm³/mol. The van der Waals surface area contributed by atoms with Gasteiger partial charge in [-0.2, -0.15) is 19.4 Å². The number of aliphatic hydroxyl groups is 1. The summed E-state index contributed by atoms with van der Waals surface area (Å²) in [5.74, 6) is -0.480. The largest absolute Gasteiger partial charge is 0.465 e. The molecule has 1 fully saturated rings. The van der Waals surface area contributed by atoms with E-state index in [1.165, 1.54) is 49.9 Å². The van der Waals surface area contributed by atoms with E-state index < -0.39 is 43.8 Å². The number of aliphatic hydroxyl groups excluding tert-OH is 1. The van der Waals surface area contributed by atoms with Gasteiger partial charge in [-0.1, -0.05) is 70.1 Å². The number of imidazole rings is 1. The smallest absolute Gasteiger partial charge is 0.459 e. The maximum Gasteiger partial charge on any atom is 0.459 e. The molecule has 1 aliphatic heterocycles. The van der Waals surface area contributed by atoms with E-state index in [0.717, 1.165) is 19.3 Å². The molecular formula is C30H44FN6O7P. The number of aromatic nitrogens is 4. The Kier molecular flexibility index (Phi) is 12.3. The zero-order valence-corrected chi connectivity index (χ0v) is 27.0. The molecule has 4 rings (SSSR count). The van der Waals surface area contributed by atoms with Gasteiger partial charge in [-0.3, -0.25) is 13.9 Å². The Morgan fingerprint density at radius 1 is 1.20 bits per heavy atom. The number of hydrogen-bond acceptors (Lipinski definition) is 11. The first-order chi connectivity index (χ1) is 21.5. The van der Waals surface area contributed by atoms with Gasteiger partial charge in [0.2, 0.25) is 0 Å². The maximum absolute atomic E-state index is 14.0. The average molecular weight is 651 g/mol. The van der Waals surface area contributed by atoms with Gasteiger partial charge in [0, 0.05) is 6.42 Å². The molecular weight excluding hydrogens is 606 g/mol. The summed E-state index contributed by atoms with van der Waals surface area (Å²) in [4.78, 5) is 24.1. The number of carbonyl (C=O) groups is 1. The van der Waals surface area contributed by atoms with Crippen LogP contribution in [0, 0.1) is 6.08 Å². The number of fused-ring (bicyclic) bond motifs is 1. The quantitative estimate of drug-likeness (QED) is 0.0689. The standard InChI is InChI=1S/C30H44FN6O7P/c1-4-5-6-7-8-9-10-14-17-41-28(39)21(2)36-45(40,44-22-15-12-11-13-16-22)42-19-30(3)23(38)18-24(43-30)37-20-33-25-26(32)34-29(31)35-27(25)37/h11-13,15-16,20-21,23-24,38H,4-10,14,17-19H2,1-3H3,(H,36,40)(H2,32,34,35)/t21-,23-,24+,30+,45-/m0/s1. The van der Waals surface area contributed by atoms with Crippen molar-refractivity contribution in [2.45, 2.75) is 103 Å². The second kappa shape index (κ2) is 15.9. The lowest BCUT2D eigenvalue weighted by molar-refractivity contribution is -0.145. The predicted octanol–water partition coefficient (Wildman–Crippen LogP) is 5.45. The monoisotopic (exact) mass is 650 g/mol. The SMILES string of the molecule is CCCCCCCCCCOC(=O)[C@H](C)N[P@](=O)(OC[C@@]1(C)O[C@@H](n2cnc3c(N)nc(F)nc32)C[C@@H]1O)Oc1ccccc1. The van der Waals surface area contributed by atoms with Gasteiger partial charge in [-0.15, -0.1) is 0 Å². The van der Waals surface area contributed by atoms with E-state index >= 15 is 0 Å². The van der Waals surface area contributed by atoms with Crippen molar-refractivity contribution in [3.8, 4) is 5.75 Å². The molecule has 2 aromatic heterocycles. The fourth-order valence-electron chi connectivity index (χ4n) is 5.05. The van der Waals surface area contributed by atoms with Gasteiger partial charge >= 0.3 is 19.8 Å². The van der Waals surface area contributed by atoms with E-state index in [2.05, 4.69) is 27.0 Å². The fourth-order valence-corrected chi connectivity index (χ4v) is 6.63. The number of benzene rings is 1. The first-order valence-corrected chi connectivity index (χ1v) is 17.0. The summed E-state index contributed by atoms with van der Waals surface area (Å²) in [6, 6.07) is 7.33. The number of nitrogen functional groups attached to an aromatic ring is 1. The van der Waals surface area contributed by atoms with Crippen LogP contribution >= 0.6 is 7.75 Å². The third-order valence-corrected chi connectivity index (χ3v) is 9.33. The highest BCUT2D eigenvalue weighted by Crippen LogP contribution is 2.48. The molecule has 5 atom stereocenters. The average Bonchev–Trinajstić information content (AvgIpc) is 3.56. The van der Waals surface area contributed by atoms with Crippen molar-refractivity contribution in [2.24, 2.45) is 0 Å². The minimum atomic E-state index is -4.22. The number of nitrogens with two attached hydrogens (primary N) is 1. The highest BCUT2D eigenvalue weighted by molar-refractivity contribution is 7.52. The zero-order valence-electron chi connectivity index (χ0n) is 26.1. The topological polar surface area (TPSA) is 173 Å². The molecule has 1 aromatic carbocycles. The maximum atomic E-state index is 14.0. The second-order valence-corrected chi connectivity index (χ2v) is 13.2. The molecule has 0 saturated carbocycles. The molecule has 0 spiro atoms. The Bertz CT molecular complexity index is 1450. The lowest BCUT2D eigenvalue weighted by Crippen LogP contribution is -2.42. The molecule has 3 aromatic rings. The van der Waals surface area contributed by atoms with E-state index in [4.69, 9.17) is 24.3 Å². The summed E-state index contributed by atoms with van der Waals surface area (Å²) >= 11 is 0.